The van der Waals surface area contributed by atoms with Gasteiger partial charge in [-0.2, -0.15) is 0 Å². The van der Waals surface area contributed by atoms with Gasteiger partial charge in [-0.25, -0.2) is 4.39 Å². The molecule has 1 aliphatic heterocycles. The normalized spacial score (nSPS) is 25.9. The number of hydrogen-bond acceptors (Lipinski definition) is 3. The molecule has 17 heavy (non-hydrogen) atoms. The van der Waals surface area contributed by atoms with Crippen molar-refractivity contribution in [3.05, 3.63) is 29.6 Å². The predicted octanol–water partition coefficient (Wildman–Crippen LogP) is 2.29. The van der Waals surface area contributed by atoms with Crippen LogP contribution in [0.4, 0.5) is 4.39 Å². The van der Waals surface area contributed by atoms with E-state index in [0.717, 1.165) is 6.42 Å². The van der Waals surface area contributed by atoms with Crippen molar-refractivity contribution in [1.29, 1.82) is 0 Å². The van der Waals surface area contributed by atoms with Gasteiger partial charge in [0.1, 0.15) is 11.6 Å². The lowest BCUT2D eigenvalue weighted by Gasteiger charge is -2.22. The third kappa shape index (κ3) is 2.42. The molecule has 3 unspecified atom stereocenters. The van der Waals surface area contributed by atoms with Crippen LogP contribution in [-0.2, 0) is 4.74 Å². The highest BCUT2D eigenvalue weighted by molar-refractivity contribution is 5.36. The van der Waals surface area contributed by atoms with Crippen LogP contribution in [0.2, 0.25) is 0 Å². The Morgan fingerprint density at radius 1 is 1.53 bits per heavy atom. The van der Waals surface area contributed by atoms with Gasteiger partial charge in [-0.05, 0) is 31.5 Å². The maximum Gasteiger partial charge on any atom is 0.124 e. The van der Waals surface area contributed by atoms with Crippen molar-refractivity contribution in [3.8, 4) is 5.75 Å². The van der Waals surface area contributed by atoms with Crippen LogP contribution < -0.4 is 4.74 Å². The lowest BCUT2D eigenvalue weighted by molar-refractivity contribution is 0.0418. The number of halogens is 1. The first kappa shape index (κ1) is 12.3. The maximum atomic E-state index is 13.2. The topological polar surface area (TPSA) is 38.7 Å². The zero-order chi connectivity index (χ0) is 12.4. The summed E-state index contributed by atoms with van der Waals surface area (Å²) in [5.41, 5.74) is 0.495. The van der Waals surface area contributed by atoms with Crippen LogP contribution in [-0.4, -0.2) is 24.9 Å². The maximum absolute atomic E-state index is 13.2. The van der Waals surface area contributed by atoms with Crippen LogP contribution in [0.3, 0.4) is 0 Å². The Bertz CT molecular complexity index is 394. The summed E-state index contributed by atoms with van der Waals surface area (Å²) in [4.78, 5) is 0. The minimum absolute atomic E-state index is 0.00861. The Kier molecular flexibility index (Phi) is 3.64. The van der Waals surface area contributed by atoms with E-state index in [4.69, 9.17) is 9.47 Å². The molecule has 1 heterocycles. The second-order valence-electron chi connectivity index (χ2n) is 4.36. The van der Waals surface area contributed by atoms with Crippen LogP contribution in [0.15, 0.2) is 18.2 Å². The van der Waals surface area contributed by atoms with Crippen molar-refractivity contribution in [2.45, 2.75) is 25.6 Å². The Morgan fingerprint density at radius 2 is 2.29 bits per heavy atom. The van der Waals surface area contributed by atoms with Crippen LogP contribution in [0.1, 0.15) is 25.0 Å². The molecule has 1 saturated heterocycles. The van der Waals surface area contributed by atoms with E-state index >= 15 is 0 Å². The largest absolute Gasteiger partial charge is 0.496 e. The number of rotatable bonds is 3. The molecule has 1 aromatic rings. The summed E-state index contributed by atoms with van der Waals surface area (Å²) in [6.45, 7) is 2.56. The Morgan fingerprint density at radius 3 is 2.88 bits per heavy atom. The van der Waals surface area contributed by atoms with E-state index in [-0.39, 0.29) is 17.8 Å². The zero-order valence-corrected chi connectivity index (χ0v) is 10.0. The van der Waals surface area contributed by atoms with Gasteiger partial charge in [0.2, 0.25) is 0 Å². The second kappa shape index (κ2) is 5.02. The summed E-state index contributed by atoms with van der Waals surface area (Å²) >= 11 is 0. The first-order chi connectivity index (χ1) is 8.13. The molecular weight excluding hydrogens is 223 g/mol. The fourth-order valence-corrected chi connectivity index (χ4v) is 2.33. The molecule has 0 saturated carbocycles. The molecule has 3 nitrogen and oxygen atoms in total. The highest BCUT2D eigenvalue weighted by Crippen LogP contribution is 2.37. The third-order valence-corrected chi connectivity index (χ3v) is 3.35. The summed E-state index contributed by atoms with van der Waals surface area (Å²) in [6, 6.07) is 4.19. The van der Waals surface area contributed by atoms with Gasteiger partial charge in [0.15, 0.2) is 0 Å². The molecule has 0 bridgehead atoms. The highest BCUT2D eigenvalue weighted by atomic mass is 19.1. The van der Waals surface area contributed by atoms with Crippen molar-refractivity contribution in [2.24, 2.45) is 5.92 Å². The average molecular weight is 240 g/mol. The molecule has 0 amide bonds. The van der Waals surface area contributed by atoms with Gasteiger partial charge < -0.3 is 14.6 Å². The lowest BCUT2D eigenvalue weighted by atomic mass is 9.90. The van der Waals surface area contributed by atoms with Gasteiger partial charge >= 0.3 is 0 Å². The van der Waals surface area contributed by atoms with E-state index in [9.17, 15) is 9.50 Å². The van der Waals surface area contributed by atoms with Crippen molar-refractivity contribution >= 4 is 0 Å². The van der Waals surface area contributed by atoms with Crippen molar-refractivity contribution < 1.29 is 19.0 Å². The van der Waals surface area contributed by atoms with E-state index in [1.807, 2.05) is 6.92 Å². The van der Waals surface area contributed by atoms with E-state index in [2.05, 4.69) is 0 Å². The first-order valence-corrected chi connectivity index (χ1v) is 5.76. The summed E-state index contributed by atoms with van der Waals surface area (Å²) in [5.74, 6) is 0.134. The summed E-state index contributed by atoms with van der Waals surface area (Å²) < 4.78 is 23.8. The van der Waals surface area contributed by atoms with Gasteiger partial charge in [0.05, 0.1) is 19.3 Å². The Balaban J connectivity index is 2.28. The Hall–Kier alpha value is -1.13. The van der Waals surface area contributed by atoms with E-state index in [0.29, 0.717) is 17.9 Å². The van der Waals surface area contributed by atoms with Gasteiger partial charge in [-0.15, -0.1) is 0 Å². The van der Waals surface area contributed by atoms with Crippen molar-refractivity contribution in [2.75, 3.05) is 13.7 Å². The number of ether oxygens (including phenoxy) is 2. The molecule has 3 atom stereocenters. The summed E-state index contributed by atoms with van der Waals surface area (Å²) in [7, 11) is 1.51. The van der Waals surface area contributed by atoms with Crippen LogP contribution in [0.25, 0.3) is 0 Å². The molecule has 2 rings (SSSR count). The second-order valence-corrected chi connectivity index (χ2v) is 4.36. The number of benzene rings is 1. The zero-order valence-electron chi connectivity index (χ0n) is 10.0. The average Bonchev–Trinajstić information content (AvgIpc) is 2.74. The summed E-state index contributed by atoms with van der Waals surface area (Å²) in [5, 5.41) is 10.3. The molecule has 0 radical (unpaired) electrons. The fourth-order valence-electron chi connectivity index (χ4n) is 2.33. The molecule has 0 spiro atoms. The number of aliphatic hydroxyl groups is 1. The summed E-state index contributed by atoms with van der Waals surface area (Å²) in [6.07, 6.45) is 0.0123. The van der Waals surface area contributed by atoms with Crippen LogP contribution in [0, 0.1) is 11.7 Å². The monoisotopic (exact) mass is 240 g/mol. The van der Waals surface area contributed by atoms with Crippen LogP contribution >= 0.6 is 0 Å². The molecule has 1 fully saturated rings. The molecule has 1 N–H and O–H groups in total. The van der Waals surface area contributed by atoms with Gasteiger partial charge in [-0.3, -0.25) is 0 Å². The molecule has 0 aromatic heterocycles. The molecule has 1 aromatic carbocycles. The smallest absolute Gasteiger partial charge is 0.124 e. The van der Waals surface area contributed by atoms with Gasteiger partial charge in [0, 0.05) is 18.1 Å². The number of aliphatic hydroxyl groups excluding tert-OH is 1. The van der Waals surface area contributed by atoms with E-state index in [1.165, 1.54) is 25.3 Å². The number of methoxy groups -OCH3 is 1. The SMILES string of the molecule is COc1ccc(F)cc1C(O)C1CCOC1C. The van der Waals surface area contributed by atoms with E-state index < -0.39 is 6.10 Å². The quantitative estimate of drug-likeness (QED) is 0.881. The lowest BCUT2D eigenvalue weighted by Crippen LogP contribution is -2.20. The number of hydrogen-bond donors (Lipinski definition) is 1. The molecule has 0 aliphatic carbocycles. The molecule has 1 aliphatic rings. The third-order valence-electron chi connectivity index (χ3n) is 3.35. The molecule has 4 heteroatoms. The standard InChI is InChI=1S/C13H17FO3/c1-8-10(5-6-17-8)13(15)11-7-9(14)3-4-12(11)16-2/h3-4,7-8,10,13,15H,5-6H2,1-2H3. The minimum Gasteiger partial charge on any atom is -0.496 e. The predicted molar refractivity (Wildman–Crippen MR) is 61.4 cm³/mol. The van der Waals surface area contributed by atoms with Crippen molar-refractivity contribution in [1.82, 2.24) is 0 Å². The fraction of sp³-hybridized carbons (Fsp3) is 0.538. The van der Waals surface area contributed by atoms with Gasteiger partial charge in [-0.1, -0.05) is 0 Å². The van der Waals surface area contributed by atoms with E-state index in [1.54, 1.807) is 0 Å². The molecular formula is C13H17FO3. The Labute approximate surface area is 100 Å². The molecule has 94 valence electrons. The van der Waals surface area contributed by atoms with Gasteiger partial charge in [0.25, 0.3) is 0 Å². The van der Waals surface area contributed by atoms with Crippen LogP contribution in [0.5, 0.6) is 5.75 Å². The first-order valence-electron chi connectivity index (χ1n) is 5.76. The highest BCUT2D eigenvalue weighted by Gasteiger charge is 2.33. The minimum atomic E-state index is -0.752. The van der Waals surface area contributed by atoms with Crippen molar-refractivity contribution in [3.63, 3.8) is 0 Å².